The number of halogens is 1. The van der Waals surface area contributed by atoms with Crippen molar-refractivity contribution in [2.75, 3.05) is 22.1 Å². The number of nitrogens with zero attached hydrogens (tertiary/aromatic N) is 1. The van der Waals surface area contributed by atoms with Crippen LogP contribution in [0.25, 0.3) is 0 Å². The summed E-state index contributed by atoms with van der Waals surface area (Å²) in [5.74, 6) is -1.46. The Morgan fingerprint density at radius 1 is 0.938 bits per heavy atom. The van der Waals surface area contributed by atoms with Crippen LogP contribution in [0, 0.1) is 12.7 Å². The Kier molecular flexibility index (Phi) is 7.25. The van der Waals surface area contributed by atoms with Gasteiger partial charge in [-0.3, -0.25) is 9.59 Å². The Balaban J connectivity index is 1.74. The minimum absolute atomic E-state index is 0.0515. The SMILES string of the molecule is CCN(c1ccc(NC(=O)c2ccc(C)c(NC(=O)c3ccccc3F)c2)cc1)C(C)C. The molecule has 0 spiro atoms. The van der Waals surface area contributed by atoms with E-state index in [9.17, 15) is 14.0 Å². The Hall–Kier alpha value is -3.67. The van der Waals surface area contributed by atoms with Gasteiger partial charge in [-0.25, -0.2) is 4.39 Å². The summed E-state index contributed by atoms with van der Waals surface area (Å²) in [6, 6.07) is 18.9. The van der Waals surface area contributed by atoms with Crippen LogP contribution >= 0.6 is 0 Å². The van der Waals surface area contributed by atoms with E-state index >= 15 is 0 Å². The minimum atomic E-state index is -0.598. The molecule has 3 aromatic rings. The summed E-state index contributed by atoms with van der Waals surface area (Å²) >= 11 is 0. The number of carbonyl (C=O) groups is 2. The predicted octanol–water partition coefficient (Wildman–Crippen LogP) is 5.87. The van der Waals surface area contributed by atoms with Crippen LogP contribution in [-0.2, 0) is 0 Å². The number of aryl methyl sites for hydroxylation is 1. The molecular weight excluding hydrogens is 405 g/mol. The first-order chi connectivity index (χ1) is 15.3. The maximum absolute atomic E-state index is 13.9. The van der Waals surface area contributed by atoms with Crippen LogP contribution in [0.15, 0.2) is 66.7 Å². The molecule has 32 heavy (non-hydrogen) atoms. The summed E-state index contributed by atoms with van der Waals surface area (Å²) in [4.78, 5) is 27.5. The summed E-state index contributed by atoms with van der Waals surface area (Å²) in [5.41, 5.74) is 3.33. The van der Waals surface area contributed by atoms with E-state index in [1.54, 1.807) is 24.3 Å². The lowest BCUT2D eigenvalue weighted by atomic mass is 10.1. The highest BCUT2D eigenvalue weighted by Crippen LogP contribution is 2.22. The third-order valence-electron chi connectivity index (χ3n) is 5.29. The van der Waals surface area contributed by atoms with Gasteiger partial charge >= 0.3 is 0 Å². The summed E-state index contributed by atoms with van der Waals surface area (Å²) in [5, 5.41) is 5.58. The van der Waals surface area contributed by atoms with Crippen LogP contribution in [0.5, 0.6) is 0 Å². The van der Waals surface area contributed by atoms with E-state index in [0.29, 0.717) is 23.0 Å². The second kappa shape index (κ2) is 10.1. The third kappa shape index (κ3) is 5.32. The number of nitrogens with one attached hydrogen (secondary N) is 2. The van der Waals surface area contributed by atoms with E-state index < -0.39 is 11.7 Å². The van der Waals surface area contributed by atoms with Crippen molar-refractivity contribution in [3.8, 4) is 0 Å². The molecule has 0 aromatic heterocycles. The third-order valence-corrected chi connectivity index (χ3v) is 5.29. The zero-order valence-corrected chi connectivity index (χ0v) is 18.8. The molecule has 0 unspecified atom stereocenters. The van der Waals surface area contributed by atoms with Crippen LogP contribution in [0.2, 0.25) is 0 Å². The highest BCUT2D eigenvalue weighted by atomic mass is 19.1. The Labute approximate surface area is 188 Å². The van der Waals surface area contributed by atoms with Crippen molar-refractivity contribution >= 4 is 28.9 Å². The van der Waals surface area contributed by atoms with E-state index in [1.807, 2.05) is 31.2 Å². The first-order valence-corrected chi connectivity index (χ1v) is 10.6. The molecule has 0 fully saturated rings. The number of rotatable bonds is 7. The molecule has 0 saturated carbocycles. The Morgan fingerprint density at radius 3 is 2.25 bits per heavy atom. The molecule has 0 atom stereocenters. The van der Waals surface area contributed by atoms with Crippen molar-refractivity contribution in [2.24, 2.45) is 0 Å². The number of anilines is 3. The first kappa shape index (κ1) is 23.0. The van der Waals surface area contributed by atoms with Crippen molar-refractivity contribution < 1.29 is 14.0 Å². The van der Waals surface area contributed by atoms with Gasteiger partial charge in [0.2, 0.25) is 0 Å². The molecule has 0 saturated heterocycles. The summed E-state index contributed by atoms with van der Waals surface area (Å²) in [6.45, 7) is 9.09. The predicted molar refractivity (Wildman–Crippen MR) is 128 cm³/mol. The number of amides is 2. The summed E-state index contributed by atoms with van der Waals surface area (Å²) in [6.07, 6.45) is 0. The fraction of sp³-hybridized carbons (Fsp3) is 0.231. The lowest BCUT2D eigenvalue weighted by Crippen LogP contribution is -2.30. The van der Waals surface area contributed by atoms with Gasteiger partial charge in [-0.05, 0) is 81.8 Å². The van der Waals surface area contributed by atoms with Crippen LogP contribution in [0.1, 0.15) is 47.1 Å². The molecule has 0 aliphatic heterocycles. The molecular formula is C26H28FN3O2. The molecule has 3 aromatic carbocycles. The number of hydrogen-bond acceptors (Lipinski definition) is 3. The van der Waals surface area contributed by atoms with Gasteiger partial charge in [0.25, 0.3) is 11.8 Å². The van der Waals surface area contributed by atoms with Gasteiger partial charge < -0.3 is 15.5 Å². The van der Waals surface area contributed by atoms with Crippen molar-refractivity contribution in [1.82, 2.24) is 0 Å². The van der Waals surface area contributed by atoms with E-state index in [-0.39, 0.29) is 11.5 Å². The molecule has 0 aliphatic rings. The summed E-state index contributed by atoms with van der Waals surface area (Å²) < 4.78 is 13.9. The summed E-state index contributed by atoms with van der Waals surface area (Å²) in [7, 11) is 0. The van der Waals surface area contributed by atoms with Gasteiger partial charge in [0.1, 0.15) is 5.82 Å². The normalized spacial score (nSPS) is 10.7. The van der Waals surface area contributed by atoms with Crippen molar-refractivity contribution in [1.29, 1.82) is 0 Å². The van der Waals surface area contributed by atoms with Crippen LogP contribution in [0.3, 0.4) is 0 Å². The molecule has 0 heterocycles. The van der Waals surface area contributed by atoms with E-state index in [4.69, 9.17) is 0 Å². The van der Waals surface area contributed by atoms with Gasteiger partial charge in [0.15, 0.2) is 0 Å². The first-order valence-electron chi connectivity index (χ1n) is 10.6. The molecule has 0 radical (unpaired) electrons. The standard InChI is InChI=1S/C26H28FN3O2/c1-5-30(17(2)3)21-14-12-20(13-15-21)28-25(31)19-11-10-18(4)24(16-19)29-26(32)22-8-6-7-9-23(22)27/h6-17H,5H2,1-4H3,(H,28,31)(H,29,32). The minimum Gasteiger partial charge on any atom is -0.369 e. The quantitative estimate of drug-likeness (QED) is 0.490. The fourth-order valence-corrected chi connectivity index (χ4v) is 3.52. The van der Waals surface area contributed by atoms with Crippen LogP contribution in [-0.4, -0.2) is 24.4 Å². The lowest BCUT2D eigenvalue weighted by Gasteiger charge is -2.27. The average molecular weight is 434 g/mol. The van der Waals surface area contributed by atoms with E-state index in [2.05, 4.69) is 36.3 Å². The fourth-order valence-electron chi connectivity index (χ4n) is 3.52. The second-order valence-corrected chi connectivity index (χ2v) is 7.84. The Morgan fingerprint density at radius 2 is 1.62 bits per heavy atom. The van der Waals surface area contributed by atoms with Crippen molar-refractivity contribution in [2.45, 2.75) is 33.7 Å². The van der Waals surface area contributed by atoms with Crippen molar-refractivity contribution in [3.05, 3.63) is 89.2 Å². The molecule has 2 amide bonds. The molecule has 0 bridgehead atoms. The monoisotopic (exact) mass is 433 g/mol. The Bertz CT molecular complexity index is 1110. The lowest BCUT2D eigenvalue weighted by molar-refractivity contribution is 0.101. The largest absolute Gasteiger partial charge is 0.369 e. The molecule has 2 N–H and O–H groups in total. The molecule has 0 aliphatic carbocycles. The van der Waals surface area contributed by atoms with E-state index in [1.165, 1.54) is 18.2 Å². The number of benzene rings is 3. The molecule has 3 rings (SSSR count). The van der Waals surface area contributed by atoms with E-state index in [0.717, 1.165) is 17.8 Å². The maximum atomic E-state index is 13.9. The number of hydrogen-bond donors (Lipinski definition) is 2. The van der Waals surface area contributed by atoms with Gasteiger partial charge in [-0.1, -0.05) is 18.2 Å². The van der Waals surface area contributed by atoms with Crippen molar-refractivity contribution in [3.63, 3.8) is 0 Å². The second-order valence-electron chi connectivity index (χ2n) is 7.84. The number of carbonyl (C=O) groups excluding carboxylic acids is 2. The smallest absolute Gasteiger partial charge is 0.258 e. The maximum Gasteiger partial charge on any atom is 0.258 e. The molecule has 5 nitrogen and oxygen atoms in total. The zero-order chi connectivity index (χ0) is 23.3. The average Bonchev–Trinajstić information content (AvgIpc) is 2.77. The van der Waals surface area contributed by atoms with Gasteiger partial charge in [-0.2, -0.15) is 0 Å². The highest BCUT2D eigenvalue weighted by molar-refractivity contribution is 6.08. The van der Waals surface area contributed by atoms with Gasteiger partial charge in [0.05, 0.1) is 5.56 Å². The van der Waals surface area contributed by atoms with Crippen LogP contribution in [0.4, 0.5) is 21.5 Å². The molecule has 166 valence electrons. The van der Waals surface area contributed by atoms with Gasteiger partial charge in [-0.15, -0.1) is 0 Å². The zero-order valence-electron chi connectivity index (χ0n) is 18.8. The van der Waals surface area contributed by atoms with Crippen LogP contribution < -0.4 is 15.5 Å². The van der Waals surface area contributed by atoms with Gasteiger partial charge in [0, 0.05) is 35.2 Å². The molecule has 6 heteroatoms. The topological polar surface area (TPSA) is 61.4 Å². The highest BCUT2D eigenvalue weighted by Gasteiger charge is 2.15.